The number of aromatic nitrogens is 2. The van der Waals surface area contributed by atoms with Crippen LogP contribution in [0.25, 0.3) is 0 Å². The first-order chi connectivity index (χ1) is 13.5. The summed E-state index contributed by atoms with van der Waals surface area (Å²) >= 11 is 0. The molecule has 0 fully saturated rings. The summed E-state index contributed by atoms with van der Waals surface area (Å²) in [6, 6.07) is 15.8. The Bertz CT molecular complexity index is 996. The fraction of sp³-hybridized carbons (Fsp3) is 0.190. The van der Waals surface area contributed by atoms with Gasteiger partial charge in [0.25, 0.3) is 5.91 Å². The predicted molar refractivity (Wildman–Crippen MR) is 105 cm³/mol. The number of hydrogen-bond donors (Lipinski definition) is 1. The maximum absolute atomic E-state index is 12.5. The molecule has 3 aromatic rings. The lowest BCUT2D eigenvalue weighted by molar-refractivity contribution is -0.119. The zero-order chi connectivity index (χ0) is 20.1. The zero-order valence-corrected chi connectivity index (χ0v) is 15.9. The van der Waals surface area contributed by atoms with E-state index in [9.17, 15) is 9.59 Å². The number of benzene rings is 2. The number of rotatable bonds is 6. The number of amides is 1. The summed E-state index contributed by atoms with van der Waals surface area (Å²) in [5.74, 6) is -0.114. The topological polar surface area (TPSA) is 82.5 Å². The number of anilines is 1. The molecule has 0 aliphatic heterocycles. The third-order valence-corrected chi connectivity index (χ3v) is 4.19. The van der Waals surface area contributed by atoms with Crippen LogP contribution in [0.4, 0.5) is 5.69 Å². The number of carbonyl (C=O) groups is 2. The van der Waals surface area contributed by atoms with Gasteiger partial charge in [0.05, 0.1) is 17.1 Å². The summed E-state index contributed by atoms with van der Waals surface area (Å²) < 4.78 is 12.6. The average molecular weight is 379 g/mol. The van der Waals surface area contributed by atoms with Crippen molar-refractivity contribution >= 4 is 17.6 Å². The molecule has 7 nitrogen and oxygen atoms in total. The van der Waals surface area contributed by atoms with Crippen LogP contribution < -0.4 is 10.1 Å². The number of esters is 1. The largest absolute Gasteiger partial charge is 0.456 e. The highest BCUT2D eigenvalue weighted by atomic mass is 16.5. The number of para-hydroxylation sites is 2. The molecule has 0 saturated carbocycles. The number of nitrogens with zero attached hydrogens (tertiary/aromatic N) is 2. The molecule has 1 N–H and O–H groups in total. The Labute approximate surface area is 162 Å². The molecule has 1 amide bonds. The van der Waals surface area contributed by atoms with E-state index in [0.29, 0.717) is 22.9 Å². The van der Waals surface area contributed by atoms with Gasteiger partial charge in [0.1, 0.15) is 17.1 Å². The Balaban J connectivity index is 1.64. The highest BCUT2D eigenvalue weighted by Crippen LogP contribution is 2.25. The van der Waals surface area contributed by atoms with Crippen LogP contribution in [-0.2, 0) is 16.6 Å². The van der Waals surface area contributed by atoms with Crippen molar-refractivity contribution < 1.29 is 19.1 Å². The number of carbonyl (C=O) groups excluding carboxylic acids is 2. The SMILES string of the molecule is Cc1nn(C)c(C)c1NC(=O)COC(=O)c1ccccc1Oc1ccccc1. The molecule has 0 aliphatic rings. The van der Waals surface area contributed by atoms with Crippen LogP contribution in [0.2, 0.25) is 0 Å². The van der Waals surface area contributed by atoms with E-state index in [2.05, 4.69) is 10.4 Å². The van der Waals surface area contributed by atoms with Crippen LogP contribution in [-0.4, -0.2) is 28.3 Å². The van der Waals surface area contributed by atoms with E-state index in [-0.39, 0.29) is 5.56 Å². The summed E-state index contributed by atoms with van der Waals surface area (Å²) in [4.78, 5) is 24.6. The van der Waals surface area contributed by atoms with Crippen LogP contribution in [0, 0.1) is 13.8 Å². The van der Waals surface area contributed by atoms with Crippen molar-refractivity contribution in [2.45, 2.75) is 13.8 Å². The van der Waals surface area contributed by atoms with Crippen molar-refractivity contribution in [3.05, 3.63) is 71.5 Å². The Hall–Kier alpha value is -3.61. The lowest BCUT2D eigenvalue weighted by Gasteiger charge is -2.11. The van der Waals surface area contributed by atoms with Crippen molar-refractivity contribution in [2.24, 2.45) is 7.05 Å². The second-order valence-electron chi connectivity index (χ2n) is 6.21. The molecule has 0 radical (unpaired) electrons. The highest BCUT2D eigenvalue weighted by molar-refractivity contribution is 5.97. The van der Waals surface area contributed by atoms with Gasteiger partial charge < -0.3 is 14.8 Å². The maximum atomic E-state index is 12.5. The molecule has 144 valence electrons. The standard InChI is InChI=1S/C21H21N3O4/c1-14-20(15(2)24(3)23-14)22-19(25)13-27-21(26)17-11-7-8-12-18(17)28-16-9-5-4-6-10-16/h4-12H,13H2,1-3H3,(H,22,25). The quantitative estimate of drug-likeness (QED) is 0.662. The number of hydrogen-bond acceptors (Lipinski definition) is 5. The smallest absolute Gasteiger partial charge is 0.342 e. The average Bonchev–Trinajstić information content (AvgIpc) is 2.93. The minimum absolute atomic E-state index is 0.243. The van der Waals surface area contributed by atoms with Gasteiger partial charge in [-0.15, -0.1) is 0 Å². The lowest BCUT2D eigenvalue weighted by atomic mass is 10.2. The molecule has 0 atom stereocenters. The van der Waals surface area contributed by atoms with Gasteiger partial charge in [-0.05, 0) is 38.1 Å². The van der Waals surface area contributed by atoms with E-state index in [4.69, 9.17) is 9.47 Å². The molecule has 0 unspecified atom stereocenters. The van der Waals surface area contributed by atoms with Gasteiger partial charge in [-0.25, -0.2) is 4.79 Å². The summed E-state index contributed by atoms with van der Waals surface area (Å²) in [5, 5.41) is 6.97. The summed E-state index contributed by atoms with van der Waals surface area (Å²) in [5.41, 5.74) is 2.38. The number of aryl methyl sites for hydroxylation is 2. The second kappa shape index (κ2) is 8.39. The molecule has 1 heterocycles. The molecular formula is C21H21N3O4. The zero-order valence-electron chi connectivity index (χ0n) is 15.9. The molecule has 0 bridgehead atoms. The Morgan fingerprint density at radius 1 is 1.04 bits per heavy atom. The molecule has 0 aliphatic carbocycles. The number of nitrogens with one attached hydrogen (secondary N) is 1. The van der Waals surface area contributed by atoms with E-state index in [1.54, 1.807) is 55.1 Å². The van der Waals surface area contributed by atoms with Crippen molar-refractivity contribution in [1.29, 1.82) is 0 Å². The van der Waals surface area contributed by atoms with E-state index in [1.807, 2.05) is 25.1 Å². The summed E-state index contributed by atoms with van der Waals surface area (Å²) in [7, 11) is 1.79. The van der Waals surface area contributed by atoms with Crippen LogP contribution in [0.5, 0.6) is 11.5 Å². The van der Waals surface area contributed by atoms with Crippen LogP contribution >= 0.6 is 0 Å². The van der Waals surface area contributed by atoms with Gasteiger partial charge in [0, 0.05) is 7.05 Å². The van der Waals surface area contributed by atoms with Crippen molar-refractivity contribution in [3.63, 3.8) is 0 Å². The van der Waals surface area contributed by atoms with Gasteiger partial charge in [-0.1, -0.05) is 30.3 Å². The normalized spacial score (nSPS) is 10.4. The first kappa shape index (κ1) is 19.2. The minimum Gasteiger partial charge on any atom is -0.456 e. The highest BCUT2D eigenvalue weighted by Gasteiger charge is 2.17. The minimum atomic E-state index is -0.638. The van der Waals surface area contributed by atoms with Crippen molar-refractivity contribution in [1.82, 2.24) is 9.78 Å². The number of ether oxygens (including phenoxy) is 2. The van der Waals surface area contributed by atoms with E-state index in [0.717, 1.165) is 5.69 Å². The molecule has 28 heavy (non-hydrogen) atoms. The first-order valence-corrected chi connectivity index (χ1v) is 8.75. The molecule has 0 spiro atoms. The van der Waals surface area contributed by atoms with E-state index < -0.39 is 18.5 Å². The van der Waals surface area contributed by atoms with Gasteiger partial charge >= 0.3 is 5.97 Å². The van der Waals surface area contributed by atoms with Crippen molar-refractivity contribution in [2.75, 3.05) is 11.9 Å². The fourth-order valence-electron chi connectivity index (χ4n) is 2.68. The third kappa shape index (κ3) is 4.37. The second-order valence-corrected chi connectivity index (χ2v) is 6.21. The van der Waals surface area contributed by atoms with Crippen LogP contribution in [0.15, 0.2) is 54.6 Å². The fourth-order valence-corrected chi connectivity index (χ4v) is 2.68. The summed E-state index contributed by atoms with van der Waals surface area (Å²) in [6.07, 6.45) is 0. The summed E-state index contributed by atoms with van der Waals surface area (Å²) in [6.45, 7) is 3.23. The van der Waals surface area contributed by atoms with Crippen LogP contribution in [0.3, 0.4) is 0 Å². The Kier molecular flexibility index (Phi) is 5.74. The molecule has 2 aromatic carbocycles. The van der Waals surface area contributed by atoms with Gasteiger partial charge in [0.15, 0.2) is 6.61 Å². The monoisotopic (exact) mass is 379 g/mol. The van der Waals surface area contributed by atoms with Gasteiger partial charge in [0.2, 0.25) is 0 Å². The Morgan fingerprint density at radius 2 is 1.71 bits per heavy atom. The predicted octanol–water partition coefficient (Wildman–Crippen LogP) is 3.62. The lowest BCUT2D eigenvalue weighted by Crippen LogP contribution is -2.21. The van der Waals surface area contributed by atoms with E-state index in [1.165, 1.54) is 0 Å². The van der Waals surface area contributed by atoms with E-state index >= 15 is 0 Å². The molecule has 7 heteroatoms. The molecule has 0 saturated heterocycles. The molecular weight excluding hydrogens is 358 g/mol. The first-order valence-electron chi connectivity index (χ1n) is 8.75. The Morgan fingerprint density at radius 3 is 2.39 bits per heavy atom. The maximum Gasteiger partial charge on any atom is 0.342 e. The van der Waals surface area contributed by atoms with Crippen molar-refractivity contribution in [3.8, 4) is 11.5 Å². The molecule has 1 aromatic heterocycles. The van der Waals surface area contributed by atoms with Gasteiger partial charge in [-0.2, -0.15) is 5.10 Å². The molecule has 3 rings (SSSR count). The third-order valence-electron chi connectivity index (χ3n) is 4.19. The van der Waals surface area contributed by atoms with Gasteiger partial charge in [-0.3, -0.25) is 9.48 Å². The van der Waals surface area contributed by atoms with Crippen LogP contribution in [0.1, 0.15) is 21.7 Å².